The molecule has 0 unspecified atom stereocenters. The number of nitrogens with zero attached hydrogens (tertiary/aromatic N) is 1. The predicted octanol–water partition coefficient (Wildman–Crippen LogP) is 3.06. The first-order chi connectivity index (χ1) is 12.7. The van der Waals surface area contributed by atoms with Gasteiger partial charge in [-0.25, -0.2) is 14.1 Å². The van der Waals surface area contributed by atoms with Crippen LogP contribution in [0.4, 0.5) is 9.18 Å². The zero-order valence-corrected chi connectivity index (χ0v) is 17.5. The van der Waals surface area contributed by atoms with Crippen molar-refractivity contribution in [2.45, 2.75) is 71.7 Å². The Morgan fingerprint density at radius 1 is 1.18 bits per heavy atom. The third-order valence-corrected chi connectivity index (χ3v) is 5.42. The van der Waals surface area contributed by atoms with Crippen LogP contribution < -0.4 is 5.46 Å². The van der Waals surface area contributed by atoms with Gasteiger partial charge in [0.05, 0.1) is 11.2 Å². The van der Waals surface area contributed by atoms with Gasteiger partial charge in [-0.2, -0.15) is 0 Å². The third-order valence-electron chi connectivity index (χ3n) is 5.42. The highest BCUT2D eigenvalue weighted by molar-refractivity contribution is 6.62. The lowest BCUT2D eigenvalue weighted by Gasteiger charge is -2.32. The molecule has 8 heteroatoms. The lowest BCUT2D eigenvalue weighted by molar-refractivity contribution is 0.00578. The Bertz CT molecular complexity index is 815. The average molecular weight is 391 g/mol. The van der Waals surface area contributed by atoms with Gasteiger partial charge in [0.15, 0.2) is 0 Å². The second kappa shape index (κ2) is 6.56. The van der Waals surface area contributed by atoms with Crippen LogP contribution >= 0.6 is 0 Å². The van der Waals surface area contributed by atoms with E-state index in [9.17, 15) is 14.0 Å². The van der Waals surface area contributed by atoms with Crippen molar-refractivity contribution in [3.63, 3.8) is 0 Å². The Morgan fingerprint density at radius 3 is 2.29 bits per heavy atom. The Morgan fingerprint density at radius 2 is 1.75 bits per heavy atom. The summed E-state index contributed by atoms with van der Waals surface area (Å²) >= 11 is 0. The standard InChI is InChI=1S/C20H27BFNO5/c1-18(2,3)26-17(25)23-9-8-12-10-14(15(22)11-13(12)16(23)24)21-27-19(4,5)20(6,7)28-21/h10-11H,8-9H2,1-7H3. The topological polar surface area (TPSA) is 65.1 Å². The third kappa shape index (κ3) is 3.67. The molecule has 1 saturated heterocycles. The van der Waals surface area contributed by atoms with E-state index in [0.29, 0.717) is 12.0 Å². The highest BCUT2D eigenvalue weighted by Crippen LogP contribution is 2.37. The molecule has 28 heavy (non-hydrogen) atoms. The van der Waals surface area contributed by atoms with Crippen molar-refractivity contribution in [3.8, 4) is 0 Å². The highest BCUT2D eigenvalue weighted by atomic mass is 19.1. The van der Waals surface area contributed by atoms with E-state index in [1.807, 2.05) is 27.7 Å². The molecule has 3 rings (SSSR count). The summed E-state index contributed by atoms with van der Waals surface area (Å²) in [6.45, 7) is 12.9. The summed E-state index contributed by atoms with van der Waals surface area (Å²) in [6, 6.07) is 2.77. The Balaban J connectivity index is 1.88. The van der Waals surface area contributed by atoms with Gasteiger partial charge < -0.3 is 14.0 Å². The van der Waals surface area contributed by atoms with E-state index < -0.39 is 41.7 Å². The summed E-state index contributed by atoms with van der Waals surface area (Å²) < 4.78 is 32.0. The first-order valence-electron chi connectivity index (χ1n) is 9.45. The van der Waals surface area contributed by atoms with E-state index in [2.05, 4.69) is 0 Å². The summed E-state index contributed by atoms with van der Waals surface area (Å²) in [5.74, 6) is -1.16. The first-order valence-corrected chi connectivity index (χ1v) is 9.45. The lowest BCUT2D eigenvalue weighted by Crippen LogP contribution is -2.46. The largest absolute Gasteiger partial charge is 0.497 e. The number of halogens is 1. The fraction of sp³-hybridized carbons (Fsp3) is 0.600. The number of benzene rings is 1. The fourth-order valence-corrected chi connectivity index (χ4v) is 3.16. The molecule has 0 aromatic heterocycles. The van der Waals surface area contributed by atoms with Crippen molar-refractivity contribution in [3.05, 3.63) is 29.1 Å². The van der Waals surface area contributed by atoms with Crippen LogP contribution in [0.3, 0.4) is 0 Å². The lowest BCUT2D eigenvalue weighted by atomic mass is 9.76. The van der Waals surface area contributed by atoms with Gasteiger partial charge in [0.1, 0.15) is 11.4 Å². The molecule has 0 aliphatic carbocycles. The number of rotatable bonds is 1. The van der Waals surface area contributed by atoms with Crippen LogP contribution in [-0.2, 0) is 20.5 Å². The van der Waals surface area contributed by atoms with Gasteiger partial charge in [-0.15, -0.1) is 0 Å². The first kappa shape index (κ1) is 20.8. The van der Waals surface area contributed by atoms with Crippen LogP contribution in [0.5, 0.6) is 0 Å². The number of fused-ring (bicyclic) bond motifs is 1. The van der Waals surface area contributed by atoms with E-state index in [-0.39, 0.29) is 17.6 Å². The summed E-state index contributed by atoms with van der Waals surface area (Å²) in [7, 11) is -0.853. The SMILES string of the molecule is CC(C)(C)OC(=O)N1CCc2cc(B3OC(C)(C)C(C)(C)O3)c(F)cc2C1=O. The number of amides is 2. The van der Waals surface area contributed by atoms with E-state index in [1.165, 1.54) is 0 Å². The van der Waals surface area contributed by atoms with Crippen LogP contribution in [0.2, 0.25) is 0 Å². The Hall–Kier alpha value is -1.93. The van der Waals surface area contributed by atoms with Crippen molar-refractivity contribution < 1.29 is 28.0 Å². The zero-order chi connectivity index (χ0) is 21.1. The molecule has 0 radical (unpaired) electrons. The molecular formula is C20H27BFNO5. The van der Waals surface area contributed by atoms with Gasteiger partial charge in [0.2, 0.25) is 0 Å². The van der Waals surface area contributed by atoms with E-state index in [0.717, 1.165) is 11.0 Å². The van der Waals surface area contributed by atoms with E-state index in [4.69, 9.17) is 14.0 Å². The minimum Gasteiger partial charge on any atom is -0.443 e. The van der Waals surface area contributed by atoms with Gasteiger partial charge >= 0.3 is 13.2 Å². The van der Waals surface area contributed by atoms with Crippen molar-refractivity contribution in [2.75, 3.05) is 6.54 Å². The number of imide groups is 1. The maximum atomic E-state index is 14.9. The molecule has 0 spiro atoms. The highest BCUT2D eigenvalue weighted by Gasteiger charge is 2.52. The Kier molecular flexibility index (Phi) is 4.87. The molecule has 2 amide bonds. The normalized spacial score (nSPS) is 20.9. The molecule has 2 aliphatic heterocycles. The summed E-state index contributed by atoms with van der Waals surface area (Å²) in [6.07, 6.45) is -0.314. The van der Waals surface area contributed by atoms with E-state index in [1.54, 1.807) is 26.8 Å². The monoisotopic (exact) mass is 391 g/mol. The minimum absolute atomic E-state index is 0.162. The van der Waals surface area contributed by atoms with Gasteiger partial charge in [-0.05, 0) is 66.5 Å². The van der Waals surface area contributed by atoms with Crippen LogP contribution in [0.15, 0.2) is 12.1 Å². The molecule has 0 N–H and O–H groups in total. The van der Waals surface area contributed by atoms with Crippen LogP contribution in [0.1, 0.15) is 64.4 Å². The molecule has 1 aromatic carbocycles. The van der Waals surface area contributed by atoms with Crippen molar-refractivity contribution in [1.29, 1.82) is 0 Å². The zero-order valence-electron chi connectivity index (χ0n) is 17.5. The number of carbonyl (C=O) groups excluding carboxylic acids is 2. The molecule has 1 aromatic rings. The molecular weight excluding hydrogens is 364 g/mol. The Labute approximate surface area is 165 Å². The molecule has 2 heterocycles. The number of ether oxygens (including phenoxy) is 1. The van der Waals surface area contributed by atoms with Gasteiger partial charge in [0, 0.05) is 17.6 Å². The molecule has 152 valence electrons. The number of carbonyl (C=O) groups is 2. The second-order valence-electron chi connectivity index (χ2n) is 9.31. The van der Waals surface area contributed by atoms with Crippen LogP contribution in [-0.4, -0.2) is 47.4 Å². The summed E-state index contributed by atoms with van der Waals surface area (Å²) in [4.78, 5) is 26.0. The molecule has 0 bridgehead atoms. The second-order valence-corrected chi connectivity index (χ2v) is 9.31. The van der Waals surface area contributed by atoms with Crippen molar-refractivity contribution in [1.82, 2.24) is 4.90 Å². The quantitative estimate of drug-likeness (QED) is 0.689. The van der Waals surface area contributed by atoms with Crippen LogP contribution in [0.25, 0.3) is 0 Å². The van der Waals surface area contributed by atoms with Gasteiger partial charge in [0.25, 0.3) is 5.91 Å². The molecule has 0 saturated carbocycles. The van der Waals surface area contributed by atoms with E-state index >= 15 is 0 Å². The fourth-order valence-electron chi connectivity index (χ4n) is 3.16. The van der Waals surface area contributed by atoms with Gasteiger partial charge in [-0.1, -0.05) is 6.07 Å². The maximum absolute atomic E-state index is 14.9. The molecule has 6 nitrogen and oxygen atoms in total. The maximum Gasteiger partial charge on any atom is 0.497 e. The summed E-state index contributed by atoms with van der Waals surface area (Å²) in [5.41, 5.74) is -0.822. The molecule has 0 atom stereocenters. The average Bonchev–Trinajstić information content (AvgIpc) is 2.74. The van der Waals surface area contributed by atoms with Gasteiger partial charge in [-0.3, -0.25) is 4.79 Å². The molecule has 2 aliphatic rings. The van der Waals surface area contributed by atoms with Crippen molar-refractivity contribution >= 4 is 24.6 Å². The summed E-state index contributed by atoms with van der Waals surface area (Å²) in [5, 5.41) is 0. The van der Waals surface area contributed by atoms with Crippen molar-refractivity contribution in [2.24, 2.45) is 0 Å². The minimum atomic E-state index is -0.853. The smallest absolute Gasteiger partial charge is 0.443 e. The van der Waals surface area contributed by atoms with Crippen LogP contribution in [0, 0.1) is 5.82 Å². The molecule has 1 fully saturated rings. The number of hydrogen-bond acceptors (Lipinski definition) is 5. The number of hydrogen-bond donors (Lipinski definition) is 0. The predicted molar refractivity (Wildman–Crippen MR) is 103 cm³/mol.